The van der Waals surface area contributed by atoms with Crippen LogP contribution in [0.5, 0.6) is 0 Å². The van der Waals surface area contributed by atoms with Crippen LogP contribution >= 0.6 is 0 Å². The van der Waals surface area contributed by atoms with Crippen LogP contribution in [0, 0.1) is 0 Å². The summed E-state index contributed by atoms with van der Waals surface area (Å²) in [6.45, 7) is 0.858. The maximum Gasteiger partial charge on any atom is 0.239 e. The minimum atomic E-state index is -0.230. The smallest absolute Gasteiger partial charge is 0.239 e. The summed E-state index contributed by atoms with van der Waals surface area (Å²) >= 11 is 0. The third kappa shape index (κ3) is 11.7. The quantitative estimate of drug-likeness (QED) is 0.370. The minimum Gasteiger partial charge on any atom is -0.355 e. The zero-order chi connectivity index (χ0) is 16.2. The van der Waals surface area contributed by atoms with Crippen molar-refractivity contribution < 1.29 is 39.6 Å². The van der Waals surface area contributed by atoms with Crippen LogP contribution in [0.15, 0.2) is 0 Å². The number of hydrogen-bond acceptors (Lipinski definition) is 4. The number of rotatable bonds is 0. The van der Waals surface area contributed by atoms with E-state index in [0.29, 0.717) is 51.6 Å². The van der Waals surface area contributed by atoms with Gasteiger partial charge in [0, 0.05) is 46.4 Å². The third-order valence-electron chi connectivity index (χ3n) is 3.20. The zero-order valence-corrected chi connectivity index (χ0v) is 14.6. The largest absolute Gasteiger partial charge is 0.355 e. The van der Waals surface area contributed by atoms with Crippen molar-refractivity contribution in [3.05, 3.63) is 0 Å². The summed E-state index contributed by atoms with van der Waals surface area (Å²) in [5.74, 6) is -0.804. The second kappa shape index (κ2) is 13.0. The molecule has 0 aromatic heterocycles. The van der Waals surface area contributed by atoms with Crippen LogP contribution in [0.3, 0.4) is 0 Å². The minimum absolute atomic E-state index is 0. The first-order chi connectivity index (χ1) is 10.6. The van der Waals surface area contributed by atoms with Gasteiger partial charge in [-0.1, -0.05) is 0 Å². The van der Waals surface area contributed by atoms with Gasteiger partial charge in [0.25, 0.3) is 0 Å². The molecule has 1 aliphatic rings. The number of carbonyl (C=O) groups is 4. The van der Waals surface area contributed by atoms with Crippen molar-refractivity contribution in [2.45, 2.75) is 38.5 Å². The maximum atomic E-state index is 11.5. The second-order valence-electron chi connectivity index (χ2n) is 5.17. The van der Waals surface area contributed by atoms with Crippen LogP contribution in [-0.4, -0.2) is 49.8 Å². The molecule has 4 N–H and O–H groups in total. The van der Waals surface area contributed by atoms with Gasteiger partial charge in [-0.3, -0.25) is 19.2 Å². The molecule has 0 bridgehead atoms. The molecule has 4 amide bonds. The predicted octanol–water partition coefficient (Wildman–Crippen LogP) is -1.20. The first-order valence-corrected chi connectivity index (χ1v) is 7.64. The molecule has 0 aromatic rings. The Morgan fingerprint density at radius 1 is 0.522 bits per heavy atom. The van der Waals surface area contributed by atoms with Gasteiger partial charge in [-0.15, -0.1) is 0 Å². The first kappa shape index (κ1) is 21.5. The van der Waals surface area contributed by atoms with Crippen LogP contribution in [0.2, 0.25) is 0 Å². The van der Waals surface area contributed by atoms with Crippen LogP contribution in [0.25, 0.3) is 0 Å². The van der Waals surface area contributed by atoms with Crippen LogP contribution in [0.1, 0.15) is 38.5 Å². The van der Waals surface area contributed by atoms with Crippen molar-refractivity contribution in [3.63, 3.8) is 0 Å². The average Bonchev–Trinajstić information content (AvgIpc) is 2.49. The number of carbonyl (C=O) groups excluding carboxylic acids is 4. The Morgan fingerprint density at radius 2 is 0.913 bits per heavy atom. The molecule has 134 valence electrons. The normalized spacial score (nSPS) is 19.8. The summed E-state index contributed by atoms with van der Waals surface area (Å²) in [5.41, 5.74) is 0. The maximum absolute atomic E-state index is 11.5. The molecule has 0 atom stereocenters. The molecule has 9 heteroatoms. The van der Waals surface area contributed by atoms with Crippen LogP contribution in [0.4, 0.5) is 0 Å². The topological polar surface area (TPSA) is 116 Å². The van der Waals surface area contributed by atoms with Gasteiger partial charge in [-0.05, 0) is 25.7 Å². The van der Waals surface area contributed by atoms with Crippen molar-refractivity contribution in [2.75, 3.05) is 26.2 Å². The van der Waals surface area contributed by atoms with Crippen molar-refractivity contribution in [1.82, 2.24) is 21.3 Å². The molecule has 1 heterocycles. The summed E-state index contributed by atoms with van der Waals surface area (Å²) in [5, 5.41) is 10.5. The van der Waals surface area contributed by atoms with Gasteiger partial charge in [-0.2, -0.15) is 0 Å². The number of hydrogen-bond donors (Lipinski definition) is 4. The van der Waals surface area contributed by atoms with E-state index >= 15 is 0 Å². The molecule has 1 aliphatic heterocycles. The Labute approximate surface area is 149 Å². The van der Waals surface area contributed by atoms with Crippen molar-refractivity contribution >= 4 is 23.6 Å². The molecule has 0 spiro atoms. The van der Waals surface area contributed by atoms with Crippen molar-refractivity contribution in [1.29, 1.82) is 0 Å². The van der Waals surface area contributed by atoms with E-state index in [9.17, 15) is 19.2 Å². The Bertz CT molecular complexity index is 344. The Morgan fingerprint density at radius 3 is 1.30 bits per heavy atom. The van der Waals surface area contributed by atoms with E-state index in [1.165, 1.54) is 0 Å². The van der Waals surface area contributed by atoms with Crippen molar-refractivity contribution in [2.24, 2.45) is 0 Å². The van der Waals surface area contributed by atoms with E-state index in [4.69, 9.17) is 0 Å². The summed E-state index contributed by atoms with van der Waals surface area (Å²) in [6.07, 6.45) is 3.22. The van der Waals surface area contributed by atoms with Gasteiger partial charge in [0.2, 0.25) is 23.6 Å². The van der Waals surface area contributed by atoms with Gasteiger partial charge >= 0.3 is 0 Å². The second-order valence-corrected chi connectivity index (χ2v) is 5.17. The predicted molar refractivity (Wildman–Crippen MR) is 79.7 cm³/mol. The van der Waals surface area contributed by atoms with E-state index in [1.807, 2.05) is 0 Å². The standard InChI is InChI=1S/C14H24N4O4.Pd/c19-11-5-1-3-7-15-13(21)10-18-12(20)6-2-4-8-16-14(22)9-17-11;/h1-10H2,(H,15,21)(H,16,22)(H,17,19)(H,18,20);. The van der Waals surface area contributed by atoms with Gasteiger partial charge < -0.3 is 21.3 Å². The molecule has 23 heavy (non-hydrogen) atoms. The van der Waals surface area contributed by atoms with Crippen LogP contribution in [-0.2, 0) is 39.6 Å². The number of nitrogens with one attached hydrogen (secondary N) is 4. The van der Waals surface area contributed by atoms with Gasteiger partial charge in [-0.25, -0.2) is 0 Å². The molecule has 0 saturated carbocycles. The summed E-state index contributed by atoms with van der Waals surface area (Å²) in [4.78, 5) is 45.9. The molecule has 1 rings (SSSR count). The fraction of sp³-hybridized carbons (Fsp3) is 0.714. The van der Waals surface area contributed by atoms with Gasteiger partial charge in [0.1, 0.15) is 0 Å². The average molecular weight is 419 g/mol. The molecule has 1 saturated heterocycles. The van der Waals surface area contributed by atoms with E-state index in [-0.39, 0.29) is 57.1 Å². The summed E-state index contributed by atoms with van der Waals surface area (Å²) < 4.78 is 0. The molecule has 0 unspecified atom stereocenters. The summed E-state index contributed by atoms with van der Waals surface area (Å²) in [6, 6.07) is 0. The number of amides is 4. The van der Waals surface area contributed by atoms with Gasteiger partial charge in [0.05, 0.1) is 13.1 Å². The zero-order valence-electron chi connectivity index (χ0n) is 13.0. The molecule has 0 aromatic carbocycles. The Hall–Kier alpha value is -1.46. The fourth-order valence-corrected chi connectivity index (χ4v) is 1.94. The van der Waals surface area contributed by atoms with E-state index in [1.54, 1.807) is 0 Å². The molecule has 0 radical (unpaired) electrons. The van der Waals surface area contributed by atoms with Crippen molar-refractivity contribution in [3.8, 4) is 0 Å². The van der Waals surface area contributed by atoms with Gasteiger partial charge in [0.15, 0.2) is 0 Å². The first-order valence-electron chi connectivity index (χ1n) is 7.64. The molecule has 1 fully saturated rings. The van der Waals surface area contributed by atoms with E-state index < -0.39 is 0 Å². The molecule has 8 nitrogen and oxygen atoms in total. The van der Waals surface area contributed by atoms with E-state index in [0.717, 1.165) is 0 Å². The molecule has 0 aliphatic carbocycles. The third-order valence-corrected chi connectivity index (χ3v) is 3.20. The Kier molecular flexibility index (Phi) is 12.2. The Balaban J connectivity index is 0.00000484. The molecular weight excluding hydrogens is 395 g/mol. The van der Waals surface area contributed by atoms with E-state index in [2.05, 4.69) is 21.3 Å². The SMILES string of the molecule is O=C1CCCCNC(=O)CNC(=O)CCCCNC(=O)CN1.[Pd]. The molecular formula is C14H24N4O4Pd. The summed E-state index contributed by atoms with van der Waals surface area (Å²) in [7, 11) is 0. The fourth-order valence-electron chi connectivity index (χ4n) is 1.94. The monoisotopic (exact) mass is 418 g/mol. The van der Waals surface area contributed by atoms with Crippen LogP contribution < -0.4 is 21.3 Å².